The van der Waals surface area contributed by atoms with Crippen molar-refractivity contribution in [2.45, 2.75) is 31.7 Å². The molecule has 0 spiro atoms. The Morgan fingerprint density at radius 3 is 2.26 bits per heavy atom. The third-order valence-electron chi connectivity index (χ3n) is 3.01. The number of esters is 1. The molecule has 126 valence electrons. The van der Waals surface area contributed by atoms with Crippen molar-refractivity contribution in [1.29, 1.82) is 0 Å². The molecule has 0 aliphatic heterocycles. The molecule has 0 saturated heterocycles. The van der Waals surface area contributed by atoms with Crippen molar-refractivity contribution in [1.82, 2.24) is 10.0 Å². The van der Waals surface area contributed by atoms with Gasteiger partial charge in [0.25, 0.3) is 0 Å². The molecule has 1 aromatic rings. The van der Waals surface area contributed by atoms with Gasteiger partial charge in [-0.1, -0.05) is 23.8 Å². The Morgan fingerprint density at radius 2 is 1.78 bits per heavy atom. The molecule has 0 bridgehead atoms. The SMILES string of the molecule is C/C=C(\NC(=O)[C@H](C)NS(=O)(=O)c1ccc(C)cc1)C(=O)OC. The molecule has 1 aromatic carbocycles. The van der Waals surface area contributed by atoms with Crippen LogP contribution in [-0.2, 0) is 24.3 Å². The van der Waals surface area contributed by atoms with E-state index in [0.717, 1.165) is 5.56 Å². The van der Waals surface area contributed by atoms with Crippen LogP contribution >= 0.6 is 0 Å². The lowest BCUT2D eigenvalue weighted by atomic mass is 10.2. The van der Waals surface area contributed by atoms with Gasteiger partial charge in [0.05, 0.1) is 18.0 Å². The zero-order valence-electron chi connectivity index (χ0n) is 13.4. The average molecular weight is 340 g/mol. The summed E-state index contributed by atoms with van der Waals surface area (Å²) >= 11 is 0. The van der Waals surface area contributed by atoms with Gasteiger partial charge < -0.3 is 10.1 Å². The number of ether oxygens (including phenoxy) is 1. The number of aryl methyl sites for hydroxylation is 1. The standard InChI is InChI=1S/C15H20N2O5S/c1-5-13(15(19)22-4)16-14(18)11(3)17-23(20,21)12-8-6-10(2)7-9-12/h5-9,11,17H,1-4H3,(H,16,18)/b13-5-/t11-/m0/s1. The summed E-state index contributed by atoms with van der Waals surface area (Å²) in [5, 5.41) is 2.32. The zero-order valence-corrected chi connectivity index (χ0v) is 14.2. The highest BCUT2D eigenvalue weighted by atomic mass is 32.2. The van der Waals surface area contributed by atoms with Crippen molar-refractivity contribution in [2.24, 2.45) is 0 Å². The van der Waals surface area contributed by atoms with Crippen molar-refractivity contribution in [3.05, 3.63) is 41.6 Å². The number of carbonyl (C=O) groups excluding carboxylic acids is 2. The fourth-order valence-electron chi connectivity index (χ4n) is 1.66. The third kappa shape index (κ3) is 5.19. The summed E-state index contributed by atoms with van der Waals surface area (Å²) in [6, 6.07) is 5.16. The van der Waals surface area contributed by atoms with Crippen molar-refractivity contribution in [2.75, 3.05) is 7.11 Å². The van der Waals surface area contributed by atoms with Gasteiger partial charge in [0.2, 0.25) is 15.9 Å². The molecule has 1 amide bonds. The van der Waals surface area contributed by atoms with Gasteiger partial charge in [0.15, 0.2) is 0 Å². The first-order valence-corrected chi connectivity index (χ1v) is 8.34. The van der Waals surface area contributed by atoms with Gasteiger partial charge in [-0.05, 0) is 32.9 Å². The molecule has 0 aromatic heterocycles. The number of rotatable bonds is 6. The van der Waals surface area contributed by atoms with E-state index in [9.17, 15) is 18.0 Å². The molecule has 0 aliphatic rings. The Balaban J connectivity index is 2.81. The molecule has 1 rings (SSSR count). The fraction of sp³-hybridized carbons (Fsp3) is 0.333. The van der Waals surface area contributed by atoms with Crippen LogP contribution < -0.4 is 10.0 Å². The number of hydrogen-bond acceptors (Lipinski definition) is 5. The molecule has 2 N–H and O–H groups in total. The normalized spacial score (nSPS) is 13.3. The van der Waals surface area contributed by atoms with Crippen LogP contribution in [0.5, 0.6) is 0 Å². The van der Waals surface area contributed by atoms with Crippen LogP contribution in [0, 0.1) is 6.92 Å². The molecule has 7 nitrogen and oxygen atoms in total. The number of amides is 1. The molecule has 1 atom stereocenters. The average Bonchev–Trinajstić information content (AvgIpc) is 2.51. The zero-order chi connectivity index (χ0) is 17.6. The van der Waals surface area contributed by atoms with E-state index >= 15 is 0 Å². The summed E-state index contributed by atoms with van der Waals surface area (Å²) in [6.07, 6.45) is 1.37. The lowest BCUT2D eigenvalue weighted by molar-refractivity contribution is -0.137. The number of allylic oxidation sites excluding steroid dienone is 1. The predicted octanol–water partition coefficient (Wildman–Crippen LogP) is 0.855. The molecule has 8 heteroatoms. The Kier molecular flexibility index (Phi) is 6.47. The number of sulfonamides is 1. The fourth-order valence-corrected chi connectivity index (χ4v) is 2.87. The largest absolute Gasteiger partial charge is 0.464 e. The predicted molar refractivity (Wildman–Crippen MR) is 84.9 cm³/mol. The van der Waals surface area contributed by atoms with Crippen LogP contribution in [0.25, 0.3) is 0 Å². The molecule has 0 fully saturated rings. The first kappa shape index (κ1) is 18.9. The third-order valence-corrected chi connectivity index (χ3v) is 4.56. The monoisotopic (exact) mass is 340 g/mol. The van der Waals surface area contributed by atoms with Crippen LogP contribution in [0.2, 0.25) is 0 Å². The quantitative estimate of drug-likeness (QED) is 0.591. The minimum atomic E-state index is -3.84. The molecular formula is C15H20N2O5S. The lowest BCUT2D eigenvalue weighted by Gasteiger charge is -2.15. The molecule has 0 heterocycles. The Labute approximate surface area is 135 Å². The summed E-state index contributed by atoms with van der Waals surface area (Å²) < 4.78 is 31.2. The minimum Gasteiger partial charge on any atom is -0.464 e. The second kappa shape index (κ2) is 7.89. The van der Waals surface area contributed by atoms with E-state index in [1.165, 1.54) is 32.2 Å². The van der Waals surface area contributed by atoms with E-state index in [2.05, 4.69) is 14.8 Å². The highest BCUT2D eigenvalue weighted by Gasteiger charge is 2.23. The highest BCUT2D eigenvalue weighted by molar-refractivity contribution is 7.89. The maximum absolute atomic E-state index is 12.2. The van der Waals surface area contributed by atoms with Crippen LogP contribution in [0.1, 0.15) is 19.4 Å². The van der Waals surface area contributed by atoms with Crippen LogP contribution in [-0.4, -0.2) is 33.4 Å². The molecule has 0 saturated carbocycles. The van der Waals surface area contributed by atoms with Gasteiger partial charge in [-0.3, -0.25) is 4.79 Å². The van der Waals surface area contributed by atoms with Gasteiger partial charge in [-0.25, -0.2) is 13.2 Å². The summed E-state index contributed by atoms with van der Waals surface area (Å²) in [5.74, 6) is -1.38. The van der Waals surface area contributed by atoms with Gasteiger partial charge >= 0.3 is 5.97 Å². The lowest BCUT2D eigenvalue weighted by Crippen LogP contribution is -2.45. The Morgan fingerprint density at radius 1 is 1.22 bits per heavy atom. The first-order chi connectivity index (χ1) is 10.7. The molecule has 0 radical (unpaired) electrons. The highest BCUT2D eigenvalue weighted by Crippen LogP contribution is 2.10. The maximum atomic E-state index is 12.2. The molecule has 0 unspecified atom stereocenters. The first-order valence-electron chi connectivity index (χ1n) is 6.85. The number of benzene rings is 1. The Bertz CT molecular complexity index is 708. The number of carbonyl (C=O) groups is 2. The summed E-state index contributed by atoms with van der Waals surface area (Å²) in [6.45, 7) is 4.77. The number of methoxy groups -OCH3 is 1. The number of nitrogens with one attached hydrogen (secondary N) is 2. The van der Waals surface area contributed by atoms with Gasteiger partial charge in [0, 0.05) is 0 Å². The van der Waals surface area contributed by atoms with E-state index in [4.69, 9.17) is 0 Å². The van der Waals surface area contributed by atoms with E-state index in [1.807, 2.05) is 6.92 Å². The van der Waals surface area contributed by atoms with Gasteiger partial charge in [-0.15, -0.1) is 0 Å². The topological polar surface area (TPSA) is 102 Å². The second-order valence-corrected chi connectivity index (χ2v) is 6.55. The summed E-state index contributed by atoms with van der Waals surface area (Å²) in [4.78, 5) is 23.5. The van der Waals surface area contributed by atoms with Gasteiger partial charge in [0.1, 0.15) is 5.70 Å². The number of hydrogen-bond donors (Lipinski definition) is 2. The molecular weight excluding hydrogens is 320 g/mol. The molecule has 23 heavy (non-hydrogen) atoms. The van der Waals surface area contributed by atoms with Crippen molar-refractivity contribution < 1.29 is 22.7 Å². The van der Waals surface area contributed by atoms with Crippen LogP contribution in [0.4, 0.5) is 0 Å². The van der Waals surface area contributed by atoms with Crippen molar-refractivity contribution >= 4 is 21.9 Å². The Hall–Kier alpha value is -2.19. The maximum Gasteiger partial charge on any atom is 0.354 e. The van der Waals surface area contributed by atoms with E-state index in [-0.39, 0.29) is 10.6 Å². The second-order valence-electron chi connectivity index (χ2n) is 4.84. The minimum absolute atomic E-state index is 0.0566. The van der Waals surface area contributed by atoms with E-state index < -0.39 is 27.9 Å². The van der Waals surface area contributed by atoms with E-state index in [0.29, 0.717) is 0 Å². The summed E-state index contributed by atoms with van der Waals surface area (Å²) in [7, 11) is -2.65. The van der Waals surface area contributed by atoms with Crippen molar-refractivity contribution in [3.63, 3.8) is 0 Å². The van der Waals surface area contributed by atoms with Crippen LogP contribution in [0.3, 0.4) is 0 Å². The molecule has 0 aliphatic carbocycles. The van der Waals surface area contributed by atoms with Crippen molar-refractivity contribution in [3.8, 4) is 0 Å². The van der Waals surface area contributed by atoms with Crippen LogP contribution in [0.15, 0.2) is 40.9 Å². The van der Waals surface area contributed by atoms with E-state index in [1.54, 1.807) is 19.1 Å². The smallest absolute Gasteiger partial charge is 0.354 e. The summed E-state index contributed by atoms with van der Waals surface area (Å²) in [5.41, 5.74) is 0.865. The van der Waals surface area contributed by atoms with Gasteiger partial charge in [-0.2, -0.15) is 4.72 Å².